The first-order chi connectivity index (χ1) is 9.19. The maximum atomic E-state index is 5.55. The van der Waals surface area contributed by atoms with Gasteiger partial charge in [0, 0.05) is 25.2 Å². The van der Waals surface area contributed by atoms with E-state index in [2.05, 4.69) is 42.3 Å². The lowest BCUT2D eigenvalue weighted by molar-refractivity contribution is 0.367. The highest BCUT2D eigenvalue weighted by Gasteiger charge is 2.36. The Kier molecular flexibility index (Phi) is 3.40. The molecule has 0 aromatic heterocycles. The monoisotopic (exact) mass is 260 g/mol. The molecule has 1 saturated heterocycles. The summed E-state index contributed by atoms with van der Waals surface area (Å²) < 4.78 is 5.55. The van der Waals surface area contributed by atoms with Gasteiger partial charge in [-0.2, -0.15) is 0 Å². The zero-order valence-electron chi connectivity index (χ0n) is 12.1. The lowest BCUT2D eigenvalue weighted by atomic mass is 10.0. The summed E-state index contributed by atoms with van der Waals surface area (Å²) in [5, 5.41) is 3.70. The van der Waals surface area contributed by atoms with Gasteiger partial charge in [0.1, 0.15) is 5.75 Å². The Morgan fingerprint density at radius 2 is 2.11 bits per heavy atom. The van der Waals surface area contributed by atoms with Crippen molar-refractivity contribution in [1.29, 1.82) is 0 Å². The van der Waals surface area contributed by atoms with E-state index in [0.29, 0.717) is 12.1 Å². The molecule has 3 rings (SSSR count). The van der Waals surface area contributed by atoms with Gasteiger partial charge in [-0.3, -0.25) is 0 Å². The number of piperazine rings is 1. The third-order valence-electron chi connectivity index (χ3n) is 4.44. The van der Waals surface area contributed by atoms with E-state index >= 15 is 0 Å². The first kappa shape index (κ1) is 12.8. The number of hydrogen-bond acceptors (Lipinski definition) is 3. The molecular weight excluding hydrogens is 236 g/mol. The Labute approximate surface area is 115 Å². The van der Waals surface area contributed by atoms with Gasteiger partial charge < -0.3 is 15.0 Å². The number of aryl methyl sites for hydroxylation is 1. The summed E-state index contributed by atoms with van der Waals surface area (Å²) in [5.41, 5.74) is 2.55. The zero-order chi connectivity index (χ0) is 13.4. The minimum atomic E-state index is 0.519. The molecule has 1 saturated carbocycles. The van der Waals surface area contributed by atoms with Crippen LogP contribution in [0.3, 0.4) is 0 Å². The number of methoxy groups -OCH3 is 1. The average molecular weight is 260 g/mol. The van der Waals surface area contributed by atoms with Crippen LogP contribution in [0, 0.1) is 12.8 Å². The molecule has 1 aromatic rings. The van der Waals surface area contributed by atoms with Crippen LogP contribution in [0.25, 0.3) is 0 Å². The van der Waals surface area contributed by atoms with Crippen molar-refractivity contribution in [2.75, 3.05) is 25.1 Å². The molecule has 1 N–H and O–H groups in total. The molecule has 1 heterocycles. The molecule has 3 nitrogen and oxygen atoms in total. The first-order valence-corrected chi connectivity index (χ1v) is 7.33. The number of nitrogens with one attached hydrogen (secondary N) is 1. The minimum Gasteiger partial charge on any atom is -0.495 e. The Morgan fingerprint density at radius 1 is 1.32 bits per heavy atom. The van der Waals surface area contributed by atoms with E-state index < -0.39 is 0 Å². The van der Waals surface area contributed by atoms with E-state index in [4.69, 9.17) is 4.74 Å². The molecule has 0 radical (unpaired) electrons. The molecule has 1 aliphatic heterocycles. The summed E-state index contributed by atoms with van der Waals surface area (Å²) in [4.78, 5) is 2.52. The maximum Gasteiger partial charge on any atom is 0.142 e. The molecule has 2 aliphatic rings. The van der Waals surface area contributed by atoms with Crippen LogP contribution in [-0.2, 0) is 0 Å². The van der Waals surface area contributed by atoms with Crippen LogP contribution in [0.2, 0.25) is 0 Å². The van der Waals surface area contributed by atoms with Crippen LogP contribution in [0.1, 0.15) is 25.3 Å². The quantitative estimate of drug-likeness (QED) is 0.904. The van der Waals surface area contributed by atoms with Gasteiger partial charge in [0.05, 0.1) is 12.8 Å². The molecule has 1 aliphatic carbocycles. The molecule has 3 heteroatoms. The molecule has 0 spiro atoms. The smallest absolute Gasteiger partial charge is 0.142 e. The van der Waals surface area contributed by atoms with Crippen LogP contribution in [0.4, 0.5) is 5.69 Å². The van der Waals surface area contributed by atoms with Gasteiger partial charge >= 0.3 is 0 Å². The molecule has 104 valence electrons. The number of rotatable bonds is 3. The van der Waals surface area contributed by atoms with E-state index in [-0.39, 0.29) is 0 Å². The third kappa shape index (κ3) is 2.57. The average Bonchev–Trinajstić information content (AvgIpc) is 3.24. The highest BCUT2D eigenvalue weighted by atomic mass is 16.5. The van der Waals surface area contributed by atoms with Gasteiger partial charge in [-0.15, -0.1) is 0 Å². The normalized spacial score (nSPS) is 27.4. The molecule has 1 aromatic carbocycles. The highest BCUT2D eigenvalue weighted by Crippen LogP contribution is 2.37. The predicted molar refractivity (Wildman–Crippen MR) is 79.1 cm³/mol. The SMILES string of the molecule is COc1ccc(C)cc1N1CC(C2CC2)NCC1C. The van der Waals surface area contributed by atoms with Crippen molar-refractivity contribution < 1.29 is 4.74 Å². The Bertz CT molecular complexity index is 456. The lowest BCUT2D eigenvalue weighted by Crippen LogP contribution is -2.56. The van der Waals surface area contributed by atoms with Crippen LogP contribution < -0.4 is 15.0 Å². The van der Waals surface area contributed by atoms with Crippen LogP contribution in [-0.4, -0.2) is 32.3 Å². The summed E-state index contributed by atoms with van der Waals surface area (Å²) in [6.07, 6.45) is 2.79. The second-order valence-electron chi connectivity index (χ2n) is 6.03. The largest absolute Gasteiger partial charge is 0.495 e. The second kappa shape index (κ2) is 5.04. The third-order valence-corrected chi connectivity index (χ3v) is 4.44. The summed E-state index contributed by atoms with van der Waals surface area (Å²) in [6, 6.07) is 7.64. The van der Waals surface area contributed by atoms with Crippen molar-refractivity contribution in [2.24, 2.45) is 5.92 Å². The number of hydrogen-bond donors (Lipinski definition) is 1. The molecule has 2 fully saturated rings. The standard InChI is InChI=1S/C16H24N2O/c1-11-4-7-16(19-3)15(8-11)18-10-14(13-5-6-13)17-9-12(18)2/h4,7-8,12-14,17H,5-6,9-10H2,1-3H3. The first-order valence-electron chi connectivity index (χ1n) is 7.33. The van der Waals surface area contributed by atoms with Crippen molar-refractivity contribution in [3.05, 3.63) is 23.8 Å². The summed E-state index contributed by atoms with van der Waals surface area (Å²) in [5.74, 6) is 1.89. The van der Waals surface area contributed by atoms with Crippen LogP contribution in [0.15, 0.2) is 18.2 Å². The van der Waals surface area contributed by atoms with E-state index in [1.54, 1.807) is 7.11 Å². The Morgan fingerprint density at radius 3 is 2.79 bits per heavy atom. The van der Waals surface area contributed by atoms with Gasteiger partial charge in [0.25, 0.3) is 0 Å². The minimum absolute atomic E-state index is 0.519. The van der Waals surface area contributed by atoms with Gasteiger partial charge in [0.2, 0.25) is 0 Å². The molecule has 0 amide bonds. The van der Waals surface area contributed by atoms with Gasteiger partial charge in [-0.05, 0) is 50.3 Å². The predicted octanol–water partition coefficient (Wildman–Crippen LogP) is 2.58. The van der Waals surface area contributed by atoms with Crippen molar-refractivity contribution in [3.8, 4) is 5.75 Å². The highest BCUT2D eigenvalue weighted by molar-refractivity contribution is 5.61. The zero-order valence-corrected chi connectivity index (χ0v) is 12.1. The van der Waals surface area contributed by atoms with Gasteiger partial charge in [-0.1, -0.05) is 6.07 Å². The summed E-state index contributed by atoms with van der Waals surface area (Å²) in [7, 11) is 1.76. The number of benzene rings is 1. The Balaban J connectivity index is 1.87. The number of nitrogens with zero attached hydrogens (tertiary/aromatic N) is 1. The molecule has 2 atom stereocenters. The van der Waals surface area contributed by atoms with Crippen molar-refractivity contribution in [1.82, 2.24) is 5.32 Å². The van der Waals surface area contributed by atoms with E-state index in [1.807, 2.05) is 0 Å². The molecule has 19 heavy (non-hydrogen) atoms. The number of ether oxygens (including phenoxy) is 1. The molecule has 0 bridgehead atoms. The maximum absolute atomic E-state index is 5.55. The van der Waals surface area contributed by atoms with Crippen LogP contribution >= 0.6 is 0 Å². The van der Waals surface area contributed by atoms with Crippen molar-refractivity contribution in [3.63, 3.8) is 0 Å². The van der Waals surface area contributed by atoms with E-state index in [0.717, 1.165) is 24.8 Å². The van der Waals surface area contributed by atoms with E-state index in [9.17, 15) is 0 Å². The van der Waals surface area contributed by atoms with Crippen molar-refractivity contribution >= 4 is 5.69 Å². The Hall–Kier alpha value is -1.22. The van der Waals surface area contributed by atoms with Gasteiger partial charge in [-0.25, -0.2) is 0 Å². The lowest BCUT2D eigenvalue weighted by Gasteiger charge is -2.41. The molecular formula is C16H24N2O. The fraction of sp³-hybridized carbons (Fsp3) is 0.625. The van der Waals surface area contributed by atoms with Gasteiger partial charge in [0.15, 0.2) is 0 Å². The topological polar surface area (TPSA) is 24.5 Å². The molecule has 2 unspecified atom stereocenters. The van der Waals surface area contributed by atoms with E-state index in [1.165, 1.54) is 24.1 Å². The summed E-state index contributed by atoms with van der Waals surface area (Å²) in [6.45, 7) is 6.61. The second-order valence-corrected chi connectivity index (χ2v) is 6.03. The number of anilines is 1. The van der Waals surface area contributed by atoms with Crippen LogP contribution in [0.5, 0.6) is 5.75 Å². The fourth-order valence-corrected chi connectivity index (χ4v) is 3.06. The summed E-state index contributed by atoms with van der Waals surface area (Å²) >= 11 is 0. The fourth-order valence-electron chi connectivity index (χ4n) is 3.06. The van der Waals surface area contributed by atoms with Crippen molar-refractivity contribution in [2.45, 2.75) is 38.8 Å².